The summed E-state index contributed by atoms with van der Waals surface area (Å²) >= 11 is 0. The molecule has 4 heteroatoms. The lowest BCUT2D eigenvalue weighted by molar-refractivity contribution is -0.219. The Kier molecular flexibility index (Phi) is 8.44. The van der Waals surface area contributed by atoms with Gasteiger partial charge in [-0.2, -0.15) is 0 Å². The predicted octanol–water partition coefficient (Wildman–Crippen LogP) is 10.3. The van der Waals surface area contributed by atoms with Gasteiger partial charge in [-0.25, -0.2) is 4.39 Å². The van der Waals surface area contributed by atoms with E-state index in [1.807, 2.05) is 0 Å². The summed E-state index contributed by atoms with van der Waals surface area (Å²) in [6.45, 7) is 21.6. The number of unbranched alkanes of at least 4 members (excludes halogenated alkanes) is 1. The first kappa shape index (κ1) is 33.5. The number of ether oxygens (including phenoxy) is 1. The van der Waals surface area contributed by atoms with E-state index in [4.69, 9.17) is 10.5 Å². The number of carbonyl (C=O) groups is 1. The molecule has 0 aromatic heterocycles. The molecule has 0 aromatic carbocycles. The summed E-state index contributed by atoms with van der Waals surface area (Å²) in [5.41, 5.74) is 11.4. The van der Waals surface area contributed by atoms with Crippen LogP contribution in [0.25, 0.3) is 0 Å². The number of hydrogen-bond acceptors (Lipinski definition) is 3. The van der Waals surface area contributed by atoms with Crippen LogP contribution in [-0.2, 0) is 9.53 Å². The molecule has 0 aliphatic heterocycles. The average Bonchev–Trinajstić information content (AvgIpc) is 3.35. The van der Waals surface area contributed by atoms with Gasteiger partial charge in [-0.15, -0.1) is 0 Å². The summed E-state index contributed by atoms with van der Waals surface area (Å²) in [5.74, 6) is 2.85. The van der Waals surface area contributed by atoms with Gasteiger partial charge in [0.2, 0.25) is 0 Å². The van der Waals surface area contributed by atoms with Crippen LogP contribution in [0.15, 0.2) is 35.5 Å². The highest BCUT2D eigenvalue weighted by atomic mass is 19.1. The zero-order chi connectivity index (χ0) is 32.6. The minimum Gasteiger partial charge on any atom is -0.465 e. The largest absolute Gasteiger partial charge is 0.465 e. The Hall–Kier alpha value is -1.42. The van der Waals surface area contributed by atoms with Crippen molar-refractivity contribution in [1.82, 2.24) is 0 Å². The Labute approximate surface area is 274 Å². The Bertz CT molecular complexity index is 1270. The quantitative estimate of drug-likeness (QED) is 0.175. The summed E-state index contributed by atoms with van der Waals surface area (Å²) in [5, 5.41) is 0. The molecule has 0 aromatic rings. The van der Waals surface area contributed by atoms with Crippen molar-refractivity contribution in [3.63, 3.8) is 0 Å². The number of carbonyl (C=O) groups excluding carboxylic acids is 1. The van der Waals surface area contributed by atoms with Crippen LogP contribution in [0.5, 0.6) is 0 Å². The van der Waals surface area contributed by atoms with Gasteiger partial charge in [0, 0.05) is 5.54 Å². The fourth-order valence-electron chi connectivity index (χ4n) is 13.3. The van der Waals surface area contributed by atoms with Gasteiger partial charge in [0.15, 0.2) is 0 Å². The van der Waals surface area contributed by atoms with Crippen molar-refractivity contribution in [3.05, 3.63) is 35.5 Å². The van der Waals surface area contributed by atoms with E-state index in [0.717, 1.165) is 25.7 Å². The second-order valence-corrected chi connectivity index (χ2v) is 18.3. The fourth-order valence-corrected chi connectivity index (χ4v) is 13.3. The third kappa shape index (κ3) is 4.74. The van der Waals surface area contributed by atoms with Crippen molar-refractivity contribution in [2.75, 3.05) is 13.3 Å². The Morgan fingerprint density at radius 3 is 2.36 bits per heavy atom. The summed E-state index contributed by atoms with van der Waals surface area (Å²) in [6, 6.07) is 0. The van der Waals surface area contributed by atoms with Crippen molar-refractivity contribution in [3.8, 4) is 0 Å². The van der Waals surface area contributed by atoms with Gasteiger partial charge < -0.3 is 10.5 Å². The zero-order valence-corrected chi connectivity index (χ0v) is 29.8. The summed E-state index contributed by atoms with van der Waals surface area (Å²) < 4.78 is 20.0. The van der Waals surface area contributed by atoms with Crippen LogP contribution in [0.4, 0.5) is 4.39 Å². The Morgan fingerprint density at radius 1 is 0.956 bits per heavy atom. The molecule has 4 fully saturated rings. The van der Waals surface area contributed by atoms with Gasteiger partial charge in [-0.05, 0) is 153 Å². The average molecular weight is 622 g/mol. The van der Waals surface area contributed by atoms with E-state index < -0.39 is 12.1 Å². The lowest BCUT2D eigenvalue weighted by atomic mass is 9.33. The smallest absolute Gasteiger partial charge is 0.315 e. The molecule has 45 heavy (non-hydrogen) atoms. The lowest BCUT2D eigenvalue weighted by Crippen LogP contribution is -2.67. The molecule has 0 unspecified atom stereocenters. The van der Waals surface area contributed by atoms with E-state index >= 15 is 0 Å². The number of alkyl halides is 1. The zero-order valence-electron chi connectivity index (χ0n) is 29.8. The molecule has 6 rings (SSSR count). The van der Waals surface area contributed by atoms with E-state index in [0.29, 0.717) is 59.9 Å². The second kappa shape index (κ2) is 11.3. The molecule has 6 aliphatic rings. The number of fused-ring (bicyclic) bond motifs is 7. The van der Waals surface area contributed by atoms with Gasteiger partial charge >= 0.3 is 5.97 Å². The fraction of sp³-hybridized carbons (Fsp3) is 0.829. The van der Waals surface area contributed by atoms with Gasteiger partial charge in [-0.1, -0.05) is 72.3 Å². The number of halogens is 1. The number of hydrogen-bond donors (Lipinski definition) is 1. The van der Waals surface area contributed by atoms with Crippen molar-refractivity contribution in [2.45, 2.75) is 144 Å². The normalized spacial score (nSPS) is 46.9. The monoisotopic (exact) mass is 621 g/mol. The van der Waals surface area contributed by atoms with Crippen LogP contribution in [0.2, 0.25) is 0 Å². The molecule has 0 amide bonds. The first-order valence-corrected chi connectivity index (χ1v) is 18.7. The minimum absolute atomic E-state index is 0.00225. The molecule has 2 N–H and O–H groups in total. The van der Waals surface area contributed by atoms with E-state index in [1.54, 1.807) is 0 Å². The molecule has 0 bridgehead atoms. The molecule has 0 saturated heterocycles. The van der Waals surface area contributed by atoms with Crippen LogP contribution in [0.3, 0.4) is 0 Å². The third-order valence-corrected chi connectivity index (χ3v) is 16.1. The SMILES string of the molecule is C=C(C)[C@@H]1CC[C@]2(N)CC[C@]3(C)[C@H](CC[C@@H]4[C@@]5(C)CC=C(C6=CC[C@](CF)(C(=O)OCCCC)CC6)C(C)(C)[C@@H]5CC[C@]43C)[C@@H]12. The van der Waals surface area contributed by atoms with Crippen LogP contribution >= 0.6 is 0 Å². The molecule has 0 heterocycles. The molecule has 252 valence electrons. The third-order valence-electron chi connectivity index (χ3n) is 16.1. The molecule has 3 nitrogen and oxygen atoms in total. The van der Waals surface area contributed by atoms with Gasteiger partial charge in [0.05, 0.1) is 12.0 Å². The van der Waals surface area contributed by atoms with Crippen LogP contribution in [0.1, 0.15) is 138 Å². The second-order valence-electron chi connectivity index (χ2n) is 18.3. The van der Waals surface area contributed by atoms with Crippen molar-refractivity contribution in [2.24, 2.45) is 62.4 Å². The summed E-state index contributed by atoms with van der Waals surface area (Å²) in [7, 11) is 0. The number of allylic oxidation sites excluding steroid dienone is 5. The molecular weight excluding hydrogens is 557 g/mol. The predicted molar refractivity (Wildman–Crippen MR) is 183 cm³/mol. The lowest BCUT2D eigenvalue weighted by Gasteiger charge is -2.72. The maximum atomic E-state index is 14.4. The topological polar surface area (TPSA) is 52.3 Å². The molecular formula is C41H64FNO2. The highest BCUT2D eigenvalue weighted by molar-refractivity contribution is 5.77. The summed E-state index contributed by atoms with van der Waals surface area (Å²) in [6.07, 6.45) is 19.5. The Morgan fingerprint density at radius 2 is 1.71 bits per heavy atom. The molecule has 6 aliphatic carbocycles. The highest BCUT2D eigenvalue weighted by Crippen LogP contribution is 2.76. The first-order chi connectivity index (χ1) is 21.1. The van der Waals surface area contributed by atoms with Crippen molar-refractivity contribution >= 4 is 5.97 Å². The molecule has 0 spiro atoms. The van der Waals surface area contributed by atoms with Gasteiger partial charge in [0.1, 0.15) is 6.67 Å². The molecule has 4 saturated carbocycles. The van der Waals surface area contributed by atoms with E-state index in [9.17, 15) is 9.18 Å². The molecule has 10 atom stereocenters. The maximum Gasteiger partial charge on any atom is 0.315 e. The minimum atomic E-state index is -1.00. The number of nitrogens with two attached hydrogens (primary N) is 1. The van der Waals surface area contributed by atoms with Crippen LogP contribution in [-0.4, -0.2) is 24.8 Å². The standard InChI is InChI=1S/C41H64FNO2/c1-9-10-25-45-35(44)40(26-42)20-13-28(14-21-40)30-16-18-37(6)32(36(30,4)5)17-19-39(8)33(37)12-11-31-34-29(27(2)3)15-22-41(34,43)24-23-38(31,39)7/h13,16,29,31-34H,2,9-12,14-15,17-26,43H2,1,3-8H3/t29-,31+,32-,33+,34+,37-,38+,39+,40-,41-/m0/s1. The number of esters is 1. The number of rotatable bonds is 7. The highest BCUT2D eigenvalue weighted by Gasteiger charge is 2.70. The van der Waals surface area contributed by atoms with Crippen LogP contribution in [0, 0.1) is 56.7 Å². The van der Waals surface area contributed by atoms with E-state index in [2.05, 4.69) is 67.2 Å². The molecule has 0 radical (unpaired) electrons. The van der Waals surface area contributed by atoms with Crippen LogP contribution < -0.4 is 5.73 Å². The van der Waals surface area contributed by atoms with E-state index in [-0.39, 0.29) is 22.3 Å². The van der Waals surface area contributed by atoms with Gasteiger partial charge in [0.25, 0.3) is 0 Å². The first-order valence-electron chi connectivity index (χ1n) is 18.7. The van der Waals surface area contributed by atoms with E-state index in [1.165, 1.54) is 68.1 Å². The van der Waals surface area contributed by atoms with Gasteiger partial charge in [-0.3, -0.25) is 4.79 Å². The summed E-state index contributed by atoms with van der Waals surface area (Å²) in [4.78, 5) is 13.0. The maximum absolute atomic E-state index is 14.4. The van der Waals surface area contributed by atoms with Crippen molar-refractivity contribution < 1.29 is 13.9 Å². The van der Waals surface area contributed by atoms with Crippen molar-refractivity contribution in [1.29, 1.82) is 0 Å². The Balaban J connectivity index is 1.27.